The molecule has 2 rings (SSSR count). The van der Waals surface area contributed by atoms with Crippen LogP contribution in [0, 0.1) is 0 Å². The van der Waals surface area contributed by atoms with Gasteiger partial charge in [0.25, 0.3) is 0 Å². The zero-order valence-corrected chi connectivity index (χ0v) is 13.2. The van der Waals surface area contributed by atoms with Gasteiger partial charge in [0, 0.05) is 12.6 Å². The molecule has 7 nitrogen and oxygen atoms in total. The van der Waals surface area contributed by atoms with E-state index in [-0.39, 0.29) is 31.2 Å². The summed E-state index contributed by atoms with van der Waals surface area (Å²) in [6.07, 6.45) is 2.68. The molecule has 1 atom stereocenters. The van der Waals surface area contributed by atoms with E-state index in [1.807, 2.05) is 13.8 Å². The summed E-state index contributed by atoms with van der Waals surface area (Å²) in [5, 5.41) is 21.7. The van der Waals surface area contributed by atoms with Crippen LogP contribution < -0.4 is 5.32 Å². The first-order valence-electron chi connectivity index (χ1n) is 7.85. The number of morpholine rings is 1. The largest absolute Gasteiger partial charge is 0.480 e. The molecule has 0 bridgehead atoms. The number of aliphatic hydroxyl groups is 1. The molecule has 22 heavy (non-hydrogen) atoms. The minimum Gasteiger partial charge on any atom is -0.480 e. The standard InChI is InChI=1S/C15H26N2O5/c1-15(2)9-17(12(8-22-15)14(20)21)7-13(19)16-10-3-5-11(18)6-4-10/h10-12,18H,3-9H2,1-2H3,(H,16,19)(H,20,21)/t10-,11-,12?. The van der Waals surface area contributed by atoms with Crippen LogP contribution in [0.4, 0.5) is 0 Å². The molecule has 0 spiro atoms. The maximum absolute atomic E-state index is 12.2. The van der Waals surface area contributed by atoms with Gasteiger partial charge in [-0.25, -0.2) is 0 Å². The van der Waals surface area contributed by atoms with E-state index in [0.29, 0.717) is 19.4 Å². The number of carboxylic acid groups (broad SMARTS) is 1. The van der Waals surface area contributed by atoms with Crippen molar-refractivity contribution >= 4 is 11.9 Å². The predicted molar refractivity (Wildman–Crippen MR) is 79.4 cm³/mol. The molecule has 1 saturated heterocycles. The van der Waals surface area contributed by atoms with Gasteiger partial charge in [-0.05, 0) is 39.5 Å². The van der Waals surface area contributed by atoms with Gasteiger partial charge >= 0.3 is 5.97 Å². The van der Waals surface area contributed by atoms with Crippen LogP contribution in [0.2, 0.25) is 0 Å². The Morgan fingerprint density at radius 2 is 1.91 bits per heavy atom. The number of amides is 1. The third-order valence-corrected chi connectivity index (χ3v) is 4.35. The average molecular weight is 314 g/mol. The third-order valence-electron chi connectivity index (χ3n) is 4.35. The van der Waals surface area contributed by atoms with Gasteiger partial charge in [0.2, 0.25) is 5.91 Å². The number of hydrogen-bond donors (Lipinski definition) is 3. The molecule has 1 aliphatic carbocycles. The van der Waals surface area contributed by atoms with Crippen LogP contribution in [0.15, 0.2) is 0 Å². The topological polar surface area (TPSA) is 99.1 Å². The van der Waals surface area contributed by atoms with Gasteiger partial charge in [0.1, 0.15) is 6.04 Å². The van der Waals surface area contributed by atoms with Gasteiger partial charge in [-0.1, -0.05) is 0 Å². The maximum Gasteiger partial charge on any atom is 0.323 e. The number of carbonyl (C=O) groups is 2. The molecule has 126 valence electrons. The molecule has 1 saturated carbocycles. The molecular weight excluding hydrogens is 288 g/mol. The lowest BCUT2D eigenvalue weighted by molar-refractivity contribution is -0.163. The molecule has 2 aliphatic rings. The van der Waals surface area contributed by atoms with E-state index in [9.17, 15) is 19.8 Å². The summed E-state index contributed by atoms with van der Waals surface area (Å²) in [4.78, 5) is 25.2. The summed E-state index contributed by atoms with van der Waals surface area (Å²) in [5.74, 6) is -1.13. The van der Waals surface area contributed by atoms with Gasteiger partial charge in [-0.2, -0.15) is 0 Å². The minimum absolute atomic E-state index is 0.0583. The lowest BCUT2D eigenvalue weighted by Crippen LogP contribution is -2.59. The number of nitrogens with one attached hydrogen (secondary N) is 1. The minimum atomic E-state index is -0.968. The highest BCUT2D eigenvalue weighted by Crippen LogP contribution is 2.21. The molecule has 0 aromatic carbocycles. The average Bonchev–Trinajstić information content (AvgIpc) is 2.40. The van der Waals surface area contributed by atoms with Crippen LogP contribution in [-0.2, 0) is 14.3 Å². The Morgan fingerprint density at radius 1 is 1.27 bits per heavy atom. The second-order valence-electron chi connectivity index (χ2n) is 6.90. The monoisotopic (exact) mass is 314 g/mol. The summed E-state index contributed by atoms with van der Waals surface area (Å²) >= 11 is 0. The first-order chi connectivity index (χ1) is 10.3. The quantitative estimate of drug-likeness (QED) is 0.674. The fourth-order valence-electron chi connectivity index (χ4n) is 3.13. The number of carboxylic acids is 1. The fourth-order valence-corrected chi connectivity index (χ4v) is 3.13. The number of nitrogens with zero attached hydrogens (tertiary/aromatic N) is 1. The molecule has 1 heterocycles. The van der Waals surface area contributed by atoms with Crippen molar-refractivity contribution in [2.24, 2.45) is 0 Å². The number of aliphatic hydroxyl groups excluding tert-OH is 1. The summed E-state index contributed by atoms with van der Waals surface area (Å²) in [6.45, 7) is 4.33. The number of rotatable bonds is 4. The Balaban J connectivity index is 1.88. The summed E-state index contributed by atoms with van der Waals surface area (Å²) in [6, 6.07) is -0.708. The molecule has 0 aromatic rings. The number of hydrogen-bond acceptors (Lipinski definition) is 5. The van der Waals surface area contributed by atoms with E-state index in [1.165, 1.54) is 0 Å². The highest BCUT2D eigenvalue weighted by atomic mass is 16.5. The highest BCUT2D eigenvalue weighted by molar-refractivity contribution is 5.80. The molecule has 2 fully saturated rings. The lowest BCUT2D eigenvalue weighted by Gasteiger charge is -2.41. The van der Waals surface area contributed by atoms with E-state index in [0.717, 1.165) is 12.8 Å². The zero-order valence-electron chi connectivity index (χ0n) is 13.2. The Kier molecular flexibility index (Phi) is 5.41. The summed E-state index contributed by atoms with van der Waals surface area (Å²) in [5.41, 5.74) is -0.457. The molecule has 0 aromatic heterocycles. The van der Waals surface area contributed by atoms with Crippen molar-refractivity contribution in [1.82, 2.24) is 10.2 Å². The predicted octanol–water partition coefficient (Wildman–Crippen LogP) is -0.0299. The van der Waals surface area contributed by atoms with Crippen LogP contribution in [0.5, 0.6) is 0 Å². The number of carbonyl (C=O) groups excluding carboxylic acids is 1. The molecule has 1 aliphatic heterocycles. The summed E-state index contributed by atoms with van der Waals surface area (Å²) < 4.78 is 5.53. The van der Waals surface area contributed by atoms with Crippen LogP contribution in [0.3, 0.4) is 0 Å². The molecule has 7 heteroatoms. The Hall–Kier alpha value is -1.18. The van der Waals surface area contributed by atoms with Gasteiger partial charge in [0.05, 0.1) is 24.9 Å². The molecule has 3 N–H and O–H groups in total. The summed E-state index contributed by atoms with van der Waals surface area (Å²) in [7, 11) is 0. The van der Waals surface area contributed by atoms with Crippen molar-refractivity contribution in [3.63, 3.8) is 0 Å². The molecule has 1 amide bonds. The van der Waals surface area contributed by atoms with Crippen molar-refractivity contribution in [3.8, 4) is 0 Å². The van der Waals surface area contributed by atoms with Crippen LogP contribution in [-0.4, -0.2) is 70.5 Å². The lowest BCUT2D eigenvalue weighted by atomic mass is 9.93. The fraction of sp³-hybridized carbons (Fsp3) is 0.867. The molecule has 0 radical (unpaired) electrons. The second-order valence-corrected chi connectivity index (χ2v) is 6.90. The zero-order chi connectivity index (χ0) is 16.3. The number of aliphatic carboxylic acids is 1. The molecular formula is C15H26N2O5. The Morgan fingerprint density at radius 3 is 2.50 bits per heavy atom. The van der Waals surface area contributed by atoms with E-state index < -0.39 is 17.6 Å². The van der Waals surface area contributed by atoms with Gasteiger partial charge < -0.3 is 20.3 Å². The van der Waals surface area contributed by atoms with Crippen molar-refractivity contribution in [2.75, 3.05) is 19.7 Å². The highest BCUT2D eigenvalue weighted by Gasteiger charge is 2.38. The van der Waals surface area contributed by atoms with Crippen LogP contribution in [0.25, 0.3) is 0 Å². The Labute approximate surface area is 130 Å². The second kappa shape index (κ2) is 6.93. The molecule has 1 unspecified atom stereocenters. The normalized spacial score (nSPS) is 32.4. The van der Waals surface area contributed by atoms with Crippen molar-refractivity contribution in [3.05, 3.63) is 0 Å². The van der Waals surface area contributed by atoms with Crippen molar-refractivity contribution in [2.45, 2.75) is 63.3 Å². The Bertz CT molecular complexity index is 418. The van der Waals surface area contributed by atoms with Crippen LogP contribution in [0.1, 0.15) is 39.5 Å². The van der Waals surface area contributed by atoms with Crippen molar-refractivity contribution in [1.29, 1.82) is 0 Å². The first kappa shape index (κ1) is 17.2. The van der Waals surface area contributed by atoms with E-state index in [4.69, 9.17) is 4.74 Å². The maximum atomic E-state index is 12.2. The van der Waals surface area contributed by atoms with Gasteiger partial charge in [0.15, 0.2) is 0 Å². The van der Waals surface area contributed by atoms with Gasteiger partial charge in [-0.15, -0.1) is 0 Å². The van der Waals surface area contributed by atoms with Crippen LogP contribution >= 0.6 is 0 Å². The first-order valence-corrected chi connectivity index (χ1v) is 7.85. The SMILES string of the molecule is CC1(C)CN(CC(=O)N[C@H]2CC[C@H](O)CC2)C(C(=O)O)CO1. The smallest absolute Gasteiger partial charge is 0.323 e. The third kappa shape index (κ3) is 4.66. The van der Waals surface area contributed by atoms with E-state index in [1.54, 1.807) is 4.90 Å². The number of ether oxygens (including phenoxy) is 1. The van der Waals surface area contributed by atoms with Gasteiger partial charge in [-0.3, -0.25) is 14.5 Å². The van der Waals surface area contributed by atoms with Crippen molar-refractivity contribution < 1.29 is 24.5 Å². The van der Waals surface area contributed by atoms with E-state index in [2.05, 4.69) is 5.32 Å². The van der Waals surface area contributed by atoms with E-state index >= 15 is 0 Å².